The summed E-state index contributed by atoms with van der Waals surface area (Å²) in [5.74, 6) is 1.21. The topological polar surface area (TPSA) is 49.9 Å². The summed E-state index contributed by atoms with van der Waals surface area (Å²) in [6, 6.07) is 7.33. The number of ether oxygens (including phenoxy) is 1. The van der Waals surface area contributed by atoms with E-state index in [0.29, 0.717) is 18.1 Å². The first-order valence-corrected chi connectivity index (χ1v) is 7.74. The molecule has 1 aliphatic rings. The molecule has 120 valence electrons. The molecule has 2 rings (SSSR count). The molecule has 0 spiro atoms. The van der Waals surface area contributed by atoms with Crippen LogP contribution < -0.4 is 9.64 Å². The van der Waals surface area contributed by atoms with Gasteiger partial charge < -0.3 is 14.5 Å². The highest BCUT2D eigenvalue weighted by Gasteiger charge is 2.21. The minimum atomic E-state index is -0.0347. The van der Waals surface area contributed by atoms with Gasteiger partial charge in [0.15, 0.2) is 6.61 Å². The van der Waals surface area contributed by atoms with Gasteiger partial charge in [0, 0.05) is 32.2 Å². The van der Waals surface area contributed by atoms with Crippen molar-refractivity contribution in [1.29, 1.82) is 0 Å². The van der Waals surface area contributed by atoms with Gasteiger partial charge in [-0.15, -0.1) is 0 Å². The Morgan fingerprint density at radius 2 is 2.00 bits per heavy atom. The maximum Gasteiger partial charge on any atom is 0.260 e. The van der Waals surface area contributed by atoms with Crippen molar-refractivity contribution in [3.05, 3.63) is 24.3 Å². The fraction of sp³-hybridized carbons (Fsp3) is 0.529. The monoisotopic (exact) mass is 304 g/mol. The maximum absolute atomic E-state index is 11.9. The van der Waals surface area contributed by atoms with E-state index in [1.807, 2.05) is 12.1 Å². The van der Waals surface area contributed by atoms with Crippen LogP contribution in [0.3, 0.4) is 0 Å². The summed E-state index contributed by atoms with van der Waals surface area (Å²) in [5, 5.41) is 0. The Bertz CT molecular complexity index is 525. The van der Waals surface area contributed by atoms with E-state index in [1.54, 1.807) is 29.0 Å². The van der Waals surface area contributed by atoms with Gasteiger partial charge in [0.2, 0.25) is 5.91 Å². The van der Waals surface area contributed by atoms with Gasteiger partial charge in [-0.05, 0) is 36.6 Å². The molecule has 1 saturated heterocycles. The second-order valence-electron chi connectivity index (χ2n) is 6.10. The number of benzene rings is 1. The predicted octanol–water partition coefficient (Wildman–Crippen LogP) is 2.31. The molecular weight excluding hydrogens is 280 g/mol. The standard InChI is InChI=1S/C17H24N2O3/c1-13(2)11-18(3)17(21)12-22-15-8-6-14(7-9-15)19-10-4-5-16(19)20/h6-9,13H,4-5,10-12H2,1-3H3. The molecule has 0 aromatic heterocycles. The predicted molar refractivity (Wildman–Crippen MR) is 86.0 cm³/mol. The number of hydrogen-bond acceptors (Lipinski definition) is 3. The van der Waals surface area contributed by atoms with Crippen molar-refractivity contribution in [3.63, 3.8) is 0 Å². The van der Waals surface area contributed by atoms with Crippen molar-refractivity contribution in [2.75, 3.05) is 31.6 Å². The Hall–Kier alpha value is -2.04. The molecule has 1 fully saturated rings. The second kappa shape index (κ2) is 7.29. The van der Waals surface area contributed by atoms with Crippen LogP contribution in [-0.4, -0.2) is 43.5 Å². The van der Waals surface area contributed by atoms with E-state index in [2.05, 4.69) is 13.8 Å². The lowest BCUT2D eigenvalue weighted by Gasteiger charge is -2.20. The van der Waals surface area contributed by atoms with Crippen LogP contribution in [0.4, 0.5) is 5.69 Å². The molecule has 0 atom stereocenters. The lowest BCUT2D eigenvalue weighted by Crippen LogP contribution is -2.34. The van der Waals surface area contributed by atoms with Crippen LogP contribution >= 0.6 is 0 Å². The summed E-state index contributed by atoms with van der Waals surface area (Å²) in [7, 11) is 1.79. The van der Waals surface area contributed by atoms with Gasteiger partial charge in [-0.1, -0.05) is 13.8 Å². The molecule has 5 nitrogen and oxygen atoms in total. The Morgan fingerprint density at radius 1 is 1.32 bits per heavy atom. The molecule has 0 unspecified atom stereocenters. The SMILES string of the molecule is CC(C)CN(C)C(=O)COc1ccc(N2CCCC2=O)cc1. The highest BCUT2D eigenvalue weighted by atomic mass is 16.5. The summed E-state index contributed by atoms with van der Waals surface area (Å²) < 4.78 is 5.52. The third kappa shape index (κ3) is 4.23. The van der Waals surface area contributed by atoms with Gasteiger partial charge in [-0.3, -0.25) is 9.59 Å². The van der Waals surface area contributed by atoms with E-state index in [0.717, 1.165) is 25.2 Å². The van der Waals surface area contributed by atoms with Gasteiger partial charge in [-0.25, -0.2) is 0 Å². The van der Waals surface area contributed by atoms with Crippen LogP contribution in [0, 0.1) is 5.92 Å². The molecule has 2 amide bonds. The number of hydrogen-bond donors (Lipinski definition) is 0. The number of nitrogens with zero attached hydrogens (tertiary/aromatic N) is 2. The van der Waals surface area contributed by atoms with Crippen molar-refractivity contribution >= 4 is 17.5 Å². The lowest BCUT2D eigenvalue weighted by molar-refractivity contribution is -0.132. The minimum absolute atomic E-state index is 0.0329. The summed E-state index contributed by atoms with van der Waals surface area (Å²) in [5.41, 5.74) is 0.887. The van der Waals surface area contributed by atoms with E-state index in [4.69, 9.17) is 4.74 Å². The molecule has 1 aliphatic heterocycles. The first kappa shape index (κ1) is 16.3. The third-order valence-electron chi connectivity index (χ3n) is 3.65. The molecule has 22 heavy (non-hydrogen) atoms. The zero-order valence-electron chi connectivity index (χ0n) is 13.5. The molecule has 5 heteroatoms. The van der Waals surface area contributed by atoms with Gasteiger partial charge in [0.05, 0.1) is 0 Å². The van der Waals surface area contributed by atoms with Crippen LogP contribution in [-0.2, 0) is 9.59 Å². The number of carbonyl (C=O) groups is 2. The van der Waals surface area contributed by atoms with E-state index in [9.17, 15) is 9.59 Å². The van der Waals surface area contributed by atoms with Crippen molar-refractivity contribution < 1.29 is 14.3 Å². The minimum Gasteiger partial charge on any atom is -0.484 e. The van der Waals surface area contributed by atoms with E-state index < -0.39 is 0 Å². The molecule has 0 N–H and O–H groups in total. The molecule has 1 aromatic carbocycles. The molecule has 0 bridgehead atoms. The van der Waals surface area contributed by atoms with Crippen LogP contribution in [0.15, 0.2) is 24.3 Å². The molecule has 1 aromatic rings. The van der Waals surface area contributed by atoms with Gasteiger partial charge in [-0.2, -0.15) is 0 Å². The Kier molecular flexibility index (Phi) is 5.41. The normalized spacial score (nSPS) is 14.5. The Morgan fingerprint density at radius 3 is 2.55 bits per heavy atom. The molecule has 1 heterocycles. The summed E-state index contributed by atoms with van der Waals surface area (Å²) >= 11 is 0. The van der Waals surface area contributed by atoms with Gasteiger partial charge >= 0.3 is 0 Å². The molecule has 0 saturated carbocycles. The van der Waals surface area contributed by atoms with Crippen molar-refractivity contribution in [3.8, 4) is 5.75 Å². The van der Waals surface area contributed by atoms with E-state index in [1.165, 1.54) is 0 Å². The number of amides is 2. The smallest absolute Gasteiger partial charge is 0.260 e. The number of likely N-dealkylation sites (N-methyl/N-ethyl adjacent to an activating group) is 1. The lowest BCUT2D eigenvalue weighted by atomic mass is 10.2. The summed E-state index contributed by atoms with van der Waals surface area (Å²) in [4.78, 5) is 27.1. The van der Waals surface area contributed by atoms with Crippen molar-refractivity contribution in [1.82, 2.24) is 4.90 Å². The van der Waals surface area contributed by atoms with E-state index in [-0.39, 0.29) is 18.4 Å². The molecular formula is C17H24N2O3. The third-order valence-corrected chi connectivity index (χ3v) is 3.65. The Balaban J connectivity index is 1.86. The Labute approximate surface area is 131 Å². The van der Waals surface area contributed by atoms with Crippen LogP contribution in [0.5, 0.6) is 5.75 Å². The van der Waals surface area contributed by atoms with E-state index >= 15 is 0 Å². The molecule has 0 aliphatic carbocycles. The van der Waals surface area contributed by atoms with Crippen molar-refractivity contribution in [2.45, 2.75) is 26.7 Å². The van der Waals surface area contributed by atoms with Crippen LogP contribution in [0.1, 0.15) is 26.7 Å². The first-order chi connectivity index (χ1) is 10.5. The number of carbonyl (C=O) groups excluding carboxylic acids is 2. The number of rotatable bonds is 6. The van der Waals surface area contributed by atoms with Crippen LogP contribution in [0.25, 0.3) is 0 Å². The first-order valence-electron chi connectivity index (χ1n) is 7.74. The average molecular weight is 304 g/mol. The summed E-state index contributed by atoms with van der Waals surface area (Å²) in [6.07, 6.45) is 1.53. The average Bonchev–Trinajstić information content (AvgIpc) is 2.90. The fourth-order valence-corrected chi connectivity index (χ4v) is 2.55. The van der Waals surface area contributed by atoms with Gasteiger partial charge in [0.25, 0.3) is 5.91 Å². The quantitative estimate of drug-likeness (QED) is 0.810. The zero-order valence-corrected chi connectivity index (χ0v) is 13.5. The fourth-order valence-electron chi connectivity index (χ4n) is 2.55. The second-order valence-corrected chi connectivity index (χ2v) is 6.10. The summed E-state index contributed by atoms with van der Waals surface area (Å²) in [6.45, 7) is 5.67. The van der Waals surface area contributed by atoms with Crippen LogP contribution in [0.2, 0.25) is 0 Å². The number of anilines is 1. The van der Waals surface area contributed by atoms with Gasteiger partial charge in [0.1, 0.15) is 5.75 Å². The largest absolute Gasteiger partial charge is 0.484 e. The molecule has 0 radical (unpaired) electrons. The maximum atomic E-state index is 11.9. The zero-order chi connectivity index (χ0) is 16.1. The highest BCUT2D eigenvalue weighted by Crippen LogP contribution is 2.23. The van der Waals surface area contributed by atoms with Crippen molar-refractivity contribution in [2.24, 2.45) is 5.92 Å². The highest BCUT2D eigenvalue weighted by molar-refractivity contribution is 5.95.